The smallest absolute Gasteiger partial charge is 0.260 e. The highest BCUT2D eigenvalue weighted by Crippen LogP contribution is 2.20. The van der Waals surface area contributed by atoms with Crippen molar-refractivity contribution in [2.24, 2.45) is 0 Å². The van der Waals surface area contributed by atoms with Crippen LogP contribution in [0.3, 0.4) is 0 Å². The Morgan fingerprint density at radius 1 is 1.17 bits per heavy atom. The van der Waals surface area contributed by atoms with Gasteiger partial charge in [-0.25, -0.2) is 8.78 Å². The average molecular weight is 345 g/mol. The van der Waals surface area contributed by atoms with Crippen LogP contribution in [0.5, 0.6) is 0 Å². The highest BCUT2D eigenvalue weighted by atomic mass is 32.1. The fourth-order valence-electron chi connectivity index (χ4n) is 2.17. The maximum atomic E-state index is 13.7. The summed E-state index contributed by atoms with van der Waals surface area (Å²) in [6.45, 7) is 1.78. The van der Waals surface area contributed by atoms with Crippen molar-refractivity contribution < 1.29 is 13.6 Å². The molecule has 0 bridgehead atoms. The molecule has 0 radical (unpaired) electrons. The number of aryl methyl sites for hydroxylation is 1. The topological polar surface area (TPSA) is 54.9 Å². The van der Waals surface area contributed by atoms with E-state index in [1.807, 2.05) is 0 Å². The van der Waals surface area contributed by atoms with Gasteiger partial charge in [-0.2, -0.15) is 0 Å². The summed E-state index contributed by atoms with van der Waals surface area (Å²) in [7, 11) is 0. The van der Waals surface area contributed by atoms with Gasteiger partial charge in [-0.3, -0.25) is 10.1 Å². The highest BCUT2D eigenvalue weighted by Gasteiger charge is 2.14. The lowest BCUT2D eigenvalue weighted by atomic mass is 10.1. The molecule has 122 valence electrons. The average Bonchev–Trinajstić information content (AvgIpc) is 2.96. The summed E-state index contributed by atoms with van der Waals surface area (Å²) < 4.78 is 26.9. The summed E-state index contributed by atoms with van der Waals surface area (Å²) in [5, 5.41) is 11.3. The second-order valence-corrected chi connectivity index (χ2v) is 6.31. The van der Waals surface area contributed by atoms with E-state index in [2.05, 4.69) is 15.5 Å². The van der Waals surface area contributed by atoms with Gasteiger partial charge in [0.2, 0.25) is 5.13 Å². The molecule has 3 rings (SSSR count). The number of carbonyl (C=O) groups is 1. The lowest BCUT2D eigenvalue weighted by Gasteiger charge is -2.03. The molecular formula is C17H13F2N3OS. The number of halogens is 2. The number of amides is 1. The van der Waals surface area contributed by atoms with E-state index in [0.29, 0.717) is 11.4 Å². The first kappa shape index (κ1) is 16.2. The molecule has 4 nitrogen and oxygen atoms in total. The highest BCUT2D eigenvalue weighted by molar-refractivity contribution is 7.15. The van der Waals surface area contributed by atoms with Gasteiger partial charge in [0.1, 0.15) is 16.6 Å². The molecule has 2 aromatic carbocycles. The van der Waals surface area contributed by atoms with E-state index in [0.717, 1.165) is 11.1 Å². The minimum Gasteiger partial charge on any atom is -0.296 e. The van der Waals surface area contributed by atoms with Crippen LogP contribution < -0.4 is 5.32 Å². The molecular weight excluding hydrogens is 332 g/mol. The predicted molar refractivity (Wildman–Crippen MR) is 88.2 cm³/mol. The Kier molecular flexibility index (Phi) is 4.61. The minimum atomic E-state index is -0.595. The molecule has 0 saturated carbocycles. The van der Waals surface area contributed by atoms with Gasteiger partial charge >= 0.3 is 0 Å². The van der Waals surface area contributed by atoms with Gasteiger partial charge in [0.05, 0.1) is 5.56 Å². The summed E-state index contributed by atoms with van der Waals surface area (Å²) >= 11 is 1.17. The molecule has 0 aliphatic heterocycles. The van der Waals surface area contributed by atoms with Crippen LogP contribution >= 0.6 is 11.3 Å². The molecule has 0 aliphatic rings. The number of benzene rings is 2. The van der Waals surface area contributed by atoms with Crippen LogP contribution in [0.2, 0.25) is 0 Å². The molecule has 7 heteroatoms. The summed E-state index contributed by atoms with van der Waals surface area (Å²) in [4.78, 5) is 12.1. The molecule has 1 heterocycles. The van der Waals surface area contributed by atoms with Gasteiger partial charge in [0.15, 0.2) is 0 Å². The summed E-state index contributed by atoms with van der Waals surface area (Å²) in [6.07, 6.45) is 0.407. The Hall–Kier alpha value is -2.67. The molecule has 1 N–H and O–H groups in total. The third kappa shape index (κ3) is 3.80. The molecule has 0 atom stereocenters. The van der Waals surface area contributed by atoms with Crippen molar-refractivity contribution in [3.63, 3.8) is 0 Å². The van der Waals surface area contributed by atoms with Crippen LogP contribution in [0.4, 0.5) is 13.9 Å². The zero-order valence-electron chi connectivity index (χ0n) is 12.7. The van der Waals surface area contributed by atoms with Gasteiger partial charge in [-0.15, -0.1) is 10.2 Å². The summed E-state index contributed by atoms with van der Waals surface area (Å²) in [5.41, 5.74) is 1.50. The normalized spacial score (nSPS) is 10.6. The van der Waals surface area contributed by atoms with Crippen LogP contribution in [-0.2, 0) is 6.42 Å². The molecule has 1 aromatic heterocycles. The summed E-state index contributed by atoms with van der Waals surface area (Å²) in [6, 6.07) is 10.5. The summed E-state index contributed by atoms with van der Waals surface area (Å²) in [5.74, 6) is -1.49. The quantitative estimate of drug-likeness (QED) is 0.778. The van der Waals surface area contributed by atoms with E-state index >= 15 is 0 Å². The molecule has 24 heavy (non-hydrogen) atoms. The van der Waals surface area contributed by atoms with Gasteiger partial charge in [-0.05, 0) is 36.8 Å². The fraction of sp³-hybridized carbons (Fsp3) is 0.118. The molecule has 0 fully saturated rings. The first-order valence-electron chi connectivity index (χ1n) is 7.15. The molecule has 3 aromatic rings. The number of nitrogens with one attached hydrogen (secondary N) is 1. The Bertz CT molecular complexity index is 895. The molecule has 0 aliphatic carbocycles. The Morgan fingerprint density at radius 2 is 2.00 bits per heavy atom. The predicted octanol–water partition coefficient (Wildman–Crippen LogP) is 3.97. The van der Waals surface area contributed by atoms with Crippen LogP contribution in [-0.4, -0.2) is 16.1 Å². The Morgan fingerprint density at radius 3 is 2.79 bits per heavy atom. The number of hydrogen-bond acceptors (Lipinski definition) is 4. The van der Waals surface area contributed by atoms with E-state index in [9.17, 15) is 13.6 Å². The number of nitrogens with zero attached hydrogens (tertiary/aromatic N) is 2. The zero-order chi connectivity index (χ0) is 17.1. The van der Waals surface area contributed by atoms with E-state index in [1.54, 1.807) is 25.1 Å². The monoisotopic (exact) mass is 345 g/mol. The van der Waals surface area contributed by atoms with Gasteiger partial charge < -0.3 is 0 Å². The Labute approximate surface area is 141 Å². The van der Waals surface area contributed by atoms with E-state index in [-0.39, 0.29) is 16.5 Å². The third-order valence-corrected chi connectivity index (χ3v) is 4.14. The van der Waals surface area contributed by atoms with Crippen molar-refractivity contribution in [3.05, 3.63) is 75.8 Å². The maximum absolute atomic E-state index is 13.7. The van der Waals surface area contributed by atoms with Crippen molar-refractivity contribution in [1.82, 2.24) is 10.2 Å². The van der Waals surface area contributed by atoms with Gasteiger partial charge in [0.25, 0.3) is 5.91 Å². The lowest BCUT2D eigenvalue weighted by Crippen LogP contribution is -2.13. The van der Waals surface area contributed by atoms with E-state index < -0.39 is 11.7 Å². The second kappa shape index (κ2) is 6.84. The number of anilines is 1. The number of aromatic nitrogens is 2. The van der Waals surface area contributed by atoms with Crippen molar-refractivity contribution in [2.75, 3.05) is 5.32 Å². The Balaban J connectivity index is 1.72. The number of carbonyl (C=O) groups excluding carboxylic acids is 1. The minimum absolute atomic E-state index is 0.0446. The second-order valence-electron chi connectivity index (χ2n) is 5.25. The zero-order valence-corrected chi connectivity index (χ0v) is 13.5. The molecule has 1 amide bonds. The number of hydrogen-bond donors (Lipinski definition) is 1. The van der Waals surface area contributed by atoms with Crippen LogP contribution in [0.15, 0.2) is 42.5 Å². The van der Waals surface area contributed by atoms with Crippen LogP contribution in [0.25, 0.3) is 0 Å². The standard InChI is InChI=1S/C17H13F2N3OS/c1-10-5-6-14(19)13(7-10)16(23)20-17-22-21-15(24-17)9-11-3-2-4-12(18)8-11/h2-8H,9H2,1H3,(H,20,22,23). The first-order valence-corrected chi connectivity index (χ1v) is 7.97. The molecule has 0 saturated heterocycles. The van der Waals surface area contributed by atoms with E-state index in [4.69, 9.17) is 0 Å². The number of rotatable bonds is 4. The first-order chi connectivity index (χ1) is 11.5. The van der Waals surface area contributed by atoms with E-state index in [1.165, 1.54) is 35.6 Å². The maximum Gasteiger partial charge on any atom is 0.260 e. The van der Waals surface area contributed by atoms with Crippen molar-refractivity contribution in [3.8, 4) is 0 Å². The van der Waals surface area contributed by atoms with Crippen molar-refractivity contribution in [1.29, 1.82) is 0 Å². The van der Waals surface area contributed by atoms with Crippen molar-refractivity contribution >= 4 is 22.4 Å². The molecule has 0 unspecified atom stereocenters. The van der Waals surface area contributed by atoms with Crippen LogP contribution in [0.1, 0.15) is 26.5 Å². The van der Waals surface area contributed by atoms with Gasteiger partial charge in [0, 0.05) is 6.42 Å². The van der Waals surface area contributed by atoms with Crippen molar-refractivity contribution in [2.45, 2.75) is 13.3 Å². The third-order valence-electron chi connectivity index (χ3n) is 3.30. The van der Waals surface area contributed by atoms with Gasteiger partial charge in [-0.1, -0.05) is 35.1 Å². The lowest BCUT2D eigenvalue weighted by molar-refractivity contribution is 0.102. The SMILES string of the molecule is Cc1ccc(F)c(C(=O)Nc2nnc(Cc3cccc(F)c3)s2)c1. The molecule has 0 spiro atoms. The largest absolute Gasteiger partial charge is 0.296 e. The van der Waals surface area contributed by atoms with Crippen LogP contribution in [0, 0.1) is 18.6 Å². The fourth-order valence-corrected chi connectivity index (χ4v) is 2.94.